The number of imidazole rings is 1. The van der Waals surface area contributed by atoms with Gasteiger partial charge >= 0.3 is 0 Å². The van der Waals surface area contributed by atoms with Crippen LogP contribution in [0.5, 0.6) is 0 Å². The van der Waals surface area contributed by atoms with Gasteiger partial charge in [0.15, 0.2) is 0 Å². The molecule has 39 heavy (non-hydrogen) atoms. The number of hydrogen-bond acceptors (Lipinski definition) is 5. The molecule has 4 saturated carbocycles. The molecule has 3 heterocycles. The number of aromatic nitrogens is 2. The molecule has 8 heteroatoms. The van der Waals surface area contributed by atoms with E-state index >= 15 is 0 Å². The van der Waals surface area contributed by atoms with Gasteiger partial charge in [-0.25, -0.2) is 9.99 Å². The van der Waals surface area contributed by atoms with Crippen molar-refractivity contribution in [1.82, 2.24) is 24.7 Å². The largest absolute Gasteiger partial charge is 0.385 e. The number of carbonyl (C=O) groups is 2. The molecule has 7 rings (SSSR count). The number of nitrogens with one attached hydrogen (secondary N) is 1. The maximum atomic E-state index is 13.9. The molecule has 2 aromatic heterocycles. The van der Waals surface area contributed by atoms with E-state index in [2.05, 4.69) is 29.2 Å². The molecule has 4 bridgehead atoms. The van der Waals surface area contributed by atoms with Gasteiger partial charge in [-0.05, 0) is 98.5 Å². The second-order valence-corrected chi connectivity index (χ2v) is 13.8. The second-order valence-electron chi connectivity index (χ2n) is 13.8. The Morgan fingerprint density at radius 3 is 2.51 bits per heavy atom. The maximum absolute atomic E-state index is 13.9. The van der Waals surface area contributed by atoms with Crippen molar-refractivity contribution in [2.45, 2.75) is 71.6 Å². The average molecular weight is 536 g/mol. The lowest BCUT2D eigenvalue weighted by Crippen LogP contribution is -2.53. The van der Waals surface area contributed by atoms with Gasteiger partial charge in [-0.1, -0.05) is 19.9 Å². The number of piperidine rings is 1. The molecule has 5 fully saturated rings. The van der Waals surface area contributed by atoms with Crippen molar-refractivity contribution in [1.29, 1.82) is 0 Å². The predicted molar refractivity (Wildman–Crippen MR) is 150 cm³/mol. The van der Waals surface area contributed by atoms with Crippen LogP contribution < -0.4 is 5.32 Å². The fourth-order valence-electron chi connectivity index (χ4n) is 8.62. The lowest BCUT2D eigenvalue weighted by molar-refractivity contribution is -0.0537. The van der Waals surface area contributed by atoms with Gasteiger partial charge < -0.3 is 10.1 Å². The fraction of sp³-hybridized carbons (Fsp3) is 0.710. The summed E-state index contributed by atoms with van der Waals surface area (Å²) in [7, 11) is 1.69. The molecule has 212 valence electrons. The van der Waals surface area contributed by atoms with E-state index in [1.54, 1.807) is 17.7 Å². The van der Waals surface area contributed by atoms with Crippen molar-refractivity contribution in [3.8, 4) is 0 Å². The smallest absolute Gasteiger partial charge is 0.288 e. The molecule has 1 saturated heterocycles. The predicted octanol–water partition coefficient (Wildman–Crippen LogP) is 4.80. The summed E-state index contributed by atoms with van der Waals surface area (Å²) < 4.78 is 7.06. The van der Waals surface area contributed by atoms with Crippen LogP contribution in [0.2, 0.25) is 0 Å². The molecule has 2 amide bonds. The van der Waals surface area contributed by atoms with E-state index in [1.807, 2.05) is 23.2 Å². The highest BCUT2D eigenvalue weighted by molar-refractivity contribution is 5.95. The van der Waals surface area contributed by atoms with E-state index in [1.165, 1.54) is 38.5 Å². The summed E-state index contributed by atoms with van der Waals surface area (Å²) in [5.74, 6) is 2.37. The summed E-state index contributed by atoms with van der Waals surface area (Å²) in [6.07, 6.45) is 12.7. The van der Waals surface area contributed by atoms with Crippen molar-refractivity contribution in [2.75, 3.05) is 39.9 Å². The zero-order valence-electron chi connectivity index (χ0n) is 24.0. The zero-order chi connectivity index (χ0) is 27.2. The van der Waals surface area contributed by atoms with E-state index in [9.17, 15) is 9.59 Å². The standard InChI is InChI=1S/C31H45N5O3/c1-30(2)9-5-10-34(21-30)36(11-6-12-39-3)29(38)25-19-35-26(7-4-8-27(35)33-25)28(37)32-20-31-16-22-13-23(17-31)15-24(14-22)18-31/h4,7-8,19,22-24H,5-6,9-18,20-21H2,1-3H3,(H,32,37). The van der Waals surface area contributed by atoms with E-state index in [0.717, 1.165) is 56.7 Å². The third-order valence-corrected chi connectivity index (χ3v) is 9.91. The first kappa shape index (κ1) is 26.8. The van der Waals surface area contributed by atoms with Crippen LogP contribution in [0.15, 0.2) is 24.4 Å². The van der Waals surface area contributed by atoms with Gasteiger partial charge in [-0.3, -0.25) is 19.0 Å². The topological polar surface area (TPSA) is 79.2 Å². The Bertz CT molecular complexity index is 1180. The van der Waals surface area contributed by atoms with Gasteiger partial charge in [-0.15, -0.1) is 0 Å². The summed E-state index contributed by atoms with van der Waals surface area (Å²) in [5, 5.41) is 7.34. The minimum absolute atomic E-state index is 0.0810. The molecule has 1 N–H and O–H groups in total. The molecular weight excluding hydrogens is 490 g/mol. The lowest BCUT2D eigenvalue weighted by Gasteiger charge is -2.56. The quantitative estimate of drug-likeness (QED) is 0.467. The summed E-state index contributed by atoms with van der Waals surface area (Å²) in [6.45, 7) is 8.14. The molecule has 8 nitrogen and oxygen atoms in total. The fourth-order valence-corrected chi connectivity index (χ4v) is 8.62. The number of hydrogen-bond donors (Lipinski definition) is 1. The Morgan fingerprint density at radius 2 is 1.85 bits per heavy atom. The Labute approximate surface area is 232 Å². The second kappa shape index (κ2) is 10.5. The average Bonchev–Trinajstić information content (AvgIpc) is 3.33. The van der Waals surface area contributed by atoms with Gasteiger partial charge in [0.25, 0.3) is 11.8 Å². The lowest BCUT2D eigenvalue weighted by atomic mass is 9.49. The van der Waals surface area contributed by atoms with Crippen LogP contribution >= 0.6 is 0 Å². The van der Waals surface area contributed by atoms with Crippen LogP contribution in [0.4, 0.5) is 0 Å². The SMILES string of the molecule is COCCCN(C(=O)c1cn2c(C(=O)NCC34CC5CC(CC(C5)C3)C4)cccc2n1)N1CCCC(C)(C)C1. The molecule has 2 aromatic rings. The number of amides is 2. The van der Waals surface area contributed by atoms with E-state index < -0.39 is 0 Å². The highest BCUT2D eigenvalue weighted by Crippen LogP contribution is 2.59. The van der Waals surface area contributed by atoms with Crippen LogP contribution in [-0.2, 0) is 4.74 Å². The molecular formula is C31H45N5O3. The van der Waals surface area contributed by atoms with Crippen LogP contribution in [-0.4, -0.2) is 71.1 Å². The van der Waals surface area contributed by atoms with Crippen molar-refractivity contribution in [3.05, 3.63) is 35.8 Å². The number of pyridine rings is 1. The van der Waals surface area contributed by atoms with Crippen molar-refractivity contribution < 1.29 is 14.3 Å². The van der Waals surface area contributed by atoms with Gasteiger partial charge in [0.1, 0.15) is 17.0 Å². The summed E-state index contributed by atoms with van der Waals surface area (Å²) in [5.41, 5.74) is 1.96. The number of nitrogens with zero attached hydrogens (tertiary/aromatic N) is 4. The van der Waals surface area contributed by atoms with E-state index in [0.29, 0.717) is 30.2 Å². The number of hydrazine groups is 1. The summed E-state index contributed by atoms with van der Waals surface area (Å²) in [4.78, 5) is 32.0. The minimum atomic E-state index is -0.118. The highest BCUT2D eigenvalue weighted by Gasteiger charge is 2.50. The van der Waals surface area contributed by atoms with Gasteiger partial charge in [0, 0.05) is 46.1 Å². The maximum Gasteiger partial charge on any atom is 0.288 e. The first-order chi connectivity index (χ1) is 18.7. The number of carbonyl (C=O) groups excluding carboxylic acids is 2. The molecule has 5 aliphatic rings. The van der Waals surface area contributed by atoms with Crippen molar-refractivity contribution >= 4 is 17.5 Å². The van der Waals surface area contributed by atoms with Crippen LogP contribution in [0, 0.1) is 28.6 Å². The third kappa shape index (κ3) is 5.47. The zero-order valence-corrected chi connectivity index (χ0v) is 24.0. The molecule has 1 aliphatic heterocycles. The molecule has 0 radical (unpaired) electrons. The minimum Gasteiger partial charge on any atom is -0.385 e. The van der Waals surface area contributed by atoms with Gasteiger partial charge in [-0.2, -0.15) is 0 Å². The van der Waals surface area contributed by atoms with E-state index in [-0.39, 0.29) is 22.6 Å². The first-order valence-corrected chi connectivity index (χ1v) is 15.1. The van der Waals surface area contributed by atoms with Crippen LogP contribution in [0.1, 0.15) is 92.6 Å². The number of rotatable bonds is 9. The third-order valence-electron chi connectivity index (χ3n) is 9.91. The molecule has 0 atom stereocenters. The summed E-state index contributed by atoms with van der Waals surface area (Å²) in [6, 6.07) is 5.56. The van der Waals surface area contributed by atoms with Crippen LogP contribution in [0.25, 0.3) is 5.65 Å². The normalized spacial score (nSPS) is 29.6. The number of fused-ring (bicyclic) bond motifs is 1. The summed E-state index contributed by atoms with van der Waals surface area (Å²) >= 11 is 0. The van der Waals surface area contributed by atoms with E-state index in [4.69, 9.17) is 4.74 Å². The van der Waals surface area contributed by atoms with Crippen molar-refractivity contribution in [2.24, 2.45) is 28.6 Å². The van der Waals surface area contributed by atoms with Crippen LogP contribution in [0.3, 0.4) is 0 Å². The Hall–Kier alpha value is -2.45. The highest BCUT2D eigenvalue weighted by atomic mass is 16.5. The monoisotopic (exact) mass is 535 g/mol. The molecule has 0 spiro atoms. The molecule has 0 aromatic carbocycles. The number of ether oxygens (including phenoxy) is 1. The Morgan fingerprint density at radius 1 is 1.13 bits per heavy atom. The Kier molecular flexibility index (Phi) is 7.21. The first-order valence-electron chi connectivity index (χ1n) is 15.1. The van der Waals surface area contributed by atoms with Gasteiger partial charge in [0.2, 0.25) is 0 Å². The Balaban J connectivity index is 1.20. The number of methoxy groups -OCH3 is 1. The molecule has 0 unspecified atom stereocenters. The van der Waals surface area contributed by atoms with Crippen molar-refractivity contribution in [3.63, 3.8) is 0 Å². The van der Waals surface area contributed by atoms with Gasteiger partial charge in [0.05, 0.1) is 0 Å². The molecule has 4 aliphatic carbocycles.